The lowest BCUT2D eigenvalue weighted by Gasteiger charge is -2.32. The van der Waals surface area contributed by atoms with Gasteiger partial charge in [0.05, 0.1) is 19.9 Å². The molecule has 1 fully saturated rings. The Balaban J connectivity index is 1.48. The molecule has 10 nitrogen and oxygen atoms in total. The van der Waals surface area contributed by atoms with Crippen LogP contribution in [0.25, 0.3) is 16.9 Å². The average molecular weight is 482 g/mol. The summed E-state index contributed by atoms with van der Waals surface area (Å²) in [4.78, 5) is 31.4. The Morgan fingerprint density at radius 3 is 2.40 bits per heavy atom. The first-order valence-electron chi connectivity index (χ1n) is 11.5. The van der Waals surface area contributed by atoms with Gasteiger partial charge in [-0.05, 0) is 57.9 Å². The van der Waals surface area contributed by atoms with Gasteiger partial charge in [-0.3, -0.25) is 4.79 Å². The zero-order valence-corrected chi connectivity index (χ0v) is 20.7. The predicted molar refractivity (Wildman–Crippen MR) is 130 cm³/mol. The number of piperidine rings is 1. The minimum atomic E-state index is -0.548. The van der Waals surface area contributed by atoms with Crippen LogP contribution < -0.4 is 14.8 Å². The Labute approximate surface area is 204 Å². The minimum Gasteiger partial charge on any atom is -0.493 e. The van der Waals surface area contributed by atoms with Crippen molar-refractivity contribution < 1.29 is 23.8 Å². The van der Waals surface area contributed by atoms with Gasteiger partial charge in [-0.25, -0.2) is 14.3 Å². The van der Waals surface area contributed by atoms with Gasteiger partial charge in [0, 0.05) is 37.0 Å². The molecule has 1 aromatic carbocycles. The van der Waals surface area contributed by atoms with Gasteiger partial charge in [-0.2, -0.15) is 5.10 Å². The SMILES string of the molecule is COc1ccc(-c2ccnc3cc(C(=O)N4CCC(NC(=O)OC(C)(C)C)CC4)nn23)cc1OC. The summed E-state index contributed by atoms with van der Waals surface area (Å²) < 4.78 is 17.7. The maximum Gasteiger partial charge on any atom is 0.407 e. The first-order valence-corrected chi connectivity index (χ1v) is 11.5. The second kappa shape index (κ2) is 9.81. The van der Waals surface area contributed by atoms with Crippen molar-refractivity contribution in [2.24, 2.45) is 0 Å². The van der Waals surface area contributed by atoms with E-state index in [1.54, 1.807) is 35.9 Å². The highest BCUT2D eigenvalue weighted by atomic mass is 16.6. The lowest BCUT2D eigenvalue weighted by Crippen LogP contribution is -2.47. The van der Waals surface area contributed by atoms with Crippen LogP contribution in [-0.2, 0) is 4.74 Å². The fourth-order valence-electron chi connectivity index (χ4n) is 4.08. The molecule has 35 heavy (non-hydrogen) atoms. The topological polar surface area (TPSA) is 107 Å². The Kier molecular flexibility index (Phi) is 6.81. The van der Waals surface area contributed by atoms with Crippen molar-refractivity contribution >= 4 is 17.6 Å². The predicted octanol–water partition coefficient (Wildman–Crippen LogP) is 3.54. The summed E-state index contributed by atoms with van der Waals surface area (Å²) in [5, 5.41) is 7.46. The van der Waals surface area contributed by atoms with E-state index in [-0.39, 0.29) is 11.9 Å². The summed E-state index contributed by atoms with van der Waals surface area (Å²) in [6.45, 7) is 6.52. The number of hydrogen-bond acceptors (Lipinski definition) is 7. The lowest BCUT2D eigenvalue weighted by atomic mass is 10.0. The number of aromatic nitrogens is 3. The molecule has 2 aromatic heterocycles. The van der Waals surface area contributed by atoms with Crippen molar-refractivity contribution in [3.63, 3.8) is 0 Å². The van der Waals surface area contributed by atoms with Gasteiger partial charge in [0.25, 0.3) is 5.91 Å². The molecule has 0 atom stereocenters. The standard InChI is InChI=1S/C25H31N5O5/c1-25(2,3)35-24(32)27-17-9-12-29(13-10-17)23(31)18-15-22-26-11-8-19(30(22)28-18)16-6-7-20(33-4)21(14-16)34-5/h6-8,11,14-15,17H,9-10,12-13H2,1-5H3,(H,27,32). The summed E-state index contributed by atoms with van der Waals surface area (Å²) in [6.07, 6.45) is 2.54. The Bertz CT molecular complexity index is 1220. The second-order valence-corrected chi connectivity index (χ2v) is 9.41. The third kappa shape index (κ3) is 5.47. The Hall–Kier alpha value is -3.82. The van der Waals surface area contributed by atoms with Crippen LogP contribution in [0, 0.1) is 0 Å². The quantitative estimate of drug-likeness (QED) is 0.594. The van der Waals surface area contributed by atoms with E-state index in [0.29, 0.717) is 48.8 Å². The molecule has 1 N–H and O–H groups in total. The zero-order chi connectivity index (χ0) is 25.2. The molecule has 0 bridgehead atoms. The van der Waals surface area contributed by atoms with Crippen molar-refractivity contribution in [1.82, 2.24) is 24.8 Å². The van der Waals surface area contributed by atoms with Gasteiger partial charge in [0.15, 0.2) is 22.8 Å². The van der Waals surface area contributed by atoms with E-state index in [4.69, 9.17) is 14.2 Å². The smallest absolute Gasteiger partial charge is 0.407 e. The van der Waals surface area contributed by atoms with Gasteiger partial charge in [0.1, 0.15) is 5.60 Å². The molecule has 0 spiro atoms. The molecular weight excluding hydrogens is 450 g/mol. The number of hydrogen-bond donors (Lipinski definition) is 1. The van der Waals surface area contributed by atoms with E-state index < -0.39 is 11.7 Å². The number of nitrogens with one attached hydrogen (secondary N) is 1. The first kappa shape index (κ1) is 24.3. The summed E-state index contributed by atoms with van der Waals surface area (Å²) in [5.41, 5.74) is 1.97. The molecule has 1 aliphatic heterocycles. The third-order valence-electron chi connectivity index (χ3n) is 5.76. The number of likely N-dealkylation sites (tertiary alicyclic amines) is 1. The average Bonchev–Trinajstić information content (AvgIpc) is 3.27. The number of ether oxygens (including phenoxy) is 3. The van der Waals surface area contributed by atoms with Gasteiger partial charge >= 0.3 is 6.09 Å². The van der Waals surface area contributed by atoms with E-state index >= 15 is 0 Å². The van der Waals surface area contributed by atoms with Crippen molar-refractivity contribution in [3.8, 4) is 22.8 Å². The van der Waals surface area contributed by atoms with E-state index in [1.165, 1.54) is 0 Å². The van der Waals surface area contributed by atoms with Crippen LogP contribution >= 0.6 is 0 Å². The number of amides is 2. The van der Waals surface area contributed by atoms with E-state index in [0.717, 1.165) is 11.3 Å². The van der Waals surface area contributed by atoms with E-state index in [1.807, 2.05) is 45.0 Å². The van der Waals surface area contributed by atoms with Crippen molar-refractivity contribution in [3.05, 3.63) is 42.2 Å². The lowest BCUT2D eigenvalue weighted by molar-refractivity contribution is 0.0473. The van der Waals surface area contributed by atoms with Gasteiger partial charge in [-0.1, -0.05) is 0 Å². The summed E-state index contributed by atoms with van der Waals surface area (Å²) in [7, 11) is 3.17. The number of nitrogens with zero attached hydrogens (tertiary/aromatic N) is 4. The molecule has 0 unspecified atom stereocenters. The van der Waals surface area contributed by atoms with Crippen LogP contribution in [-0.4, -0.2) is 70.5 Å². The van der Waals surface area contributed by atoms with Gasteiger partial charge in [-0.15, -0.1) is 0 Å². The van der Waals surface area contributed by atoms with Gasteiger partial charge in [0.2, 0.25) is 0 Å². The number of carbonyl (C=O) groups is 2. The minimum absolute atomic E-state index is 0.0340. The summed E-state index contributed by atoms with van der Waals surface area (Å²) in [6, 6.07) is 9.08. The molecule has 1 saturated heterocycles. The Morgan fingerprint density at radius 1 is 1.03 bits per heavy atom. The van der Waals surface area contributed by atoms with Crippen LogP contribution in [0.4, 0.5) is 4.79 Å². The van der Waals surface area contributed by atoms with Crippen LogP contribution in [0.3, 0.4) is 0 Å². The first-order chi connectivity index (χ1) is 16.7. The number of rotatable bonds is 5. The van der Waals surface area contributed by atoms with Crippen LogP contribution in [0.1, 0.15) is 44.1 Å². The second-order valence-electron chi connectivity index (χ2n) is 9.41. The molecule has 0 radical (unpaired) electrons. The Morgan fingerprint density at radius 2 is 1.74 bits per heavy atom. The molecule has 0 saturated carbocycles. The van der Waals surface area contributed by atoms with E-state index in [2.05, 4.69) is 15.4 Å². The highest BCUT2D eigenvalue weighted by molar-refractivity contribution is 5.93. The normalized spacial score (nSPS) is 14.6. The number of benzene rings is 1. The molecule has 0 aliphatic carbocycles. The molecule has 3 heterocycles. The largest absolute Gasteiger partial charge is 0.493 e. The maximum atomic E-state index is 13.2. The van der Waals surface area contributed by atoms with E-state index in [9.17, 15) is 9.59 Å². The van der Waals surface area contributed by atoms with Crippen molar-refractivity contribution in [1.29, 1.82) is 0 Å². The molecule has 2 amide bonds. The monoisotopic (exact) mass is 481 g/mol. The van der Waals surface area contributed by atoms with Crippen LogP contribution in [0.5, 0.6) is 11.5 Å². The van der Waals surface area contributed by atoms with Crippen molar-refractivity contribution in [2.45, 2.75) is 45.3 Å². The highest BCUT2D eigenvalue weighted by Gasteiger charge is 2.28. The molecule has 4 rings (SSSR count). The number of fused-ring (bicyclic) bond motifs is 1. The van der Waals surface area contributed by atoms with Crippen LogP contribution in [0.2, 0.25) is 0 Å². The maximum absolute atomic E-state index is 13.2. The third-order valence-corrected chi connectivity index (χ3v) is 5.76. The molecule has 186 valence electrons. The summed E-state index contributed by atoms with van der Waals surface area (Å²) in [5.74, 6) is 1.06. The molecule has 10 heteroatoms. The molecule has 3 aromatic rings. The number of alkyl carbamates (subject to hydrolysis) is 1. The van der Waals surface area contributed by atoms with Crippen molar-refractivity contribution in [2.75, 3.05) is 27.3 Å². The fourth-order valence-corrected chi connectivity index (χ4v) is 4.08. The molecular formula is C25H31N5O5. The zero-order valence-electron chi connectivity index (χ0n) is 20.7. The highest BCUT2D eigenvalue weighted by Crippen LogP contribution is 2.32. The number of methoxy groups -OCH3 is 2. The fraction of sp³-hybridized carbons (Fsp3) is 0.440. The molecule has 1 aliphatic rings. The summed E-state index contributed by atoms with van der Waals surface area (Å²) >= 11 is 0. The van der Waals surface area contributed by atoms with Gasteiger partial charge < -0.3 is 24.4 Å². The van der Waals surface area contributed by atoms with Crippen LogP contribution in [0.15, 0.2) is 36.5 Å². The number of carbonyl (C=O) groups excluding carboxylic acids is 2.